The van der Waals surface area contributed by atoms with Gasteiger partial charge in [0.15, 0.2) is 0 Å². The number of benzene rings is 7. The molecule has 2 heteroatoms. The van der Waals surface area contributed by atoms with Crippen LogP contribution in [0.4, 0.5) is 0 Å². The van der Waals surface area contributed by atoms with E-state index in [4.69, 9.17) is 0 Å². The molecule has 0 saturated heterocycles. The van der Waals surface area contributed by atoms with Gasteiger partial charge in [-0.3, -0.25) is 4.57 Å². The number of rotatable bonds is 3. The minimum absolute atomic E-state index is 0.0242. The number of fused-ring (bicyclic) bond motifs is 9. The predicted octanol–water partition coefficient (Wildman–Crippen LogP) is 10.5. The number of aromatic nitrogens is 1. The van der Waals surface area contributed by atoms with Crippen LogP contribution in [0.25, 0.3) is 65.5 Å². The molecule has 0 radical (unpaired) electrons. The van der Waals surface area contributed by atoms with Crippen molar-refractivity contribution in [3.8, 4) is 0 Å². The van der Waals surface area contributed by atoms with Crippen molar-refractivity contribution in [1.82, 2.24) is 9.88 Å². The normalized spacial score (nSPS) is 15.2. The molecule has 1 aliphatic heterocycles. The van der Waals surface area contributed by atoms with Gasteiger partial charge in [0.1, 0.15) is 5.82 Å². The molecule has 7 aromatic carbocycles. The average Bonchev–Trinajstić information content (AvgIpc) is 3.42. The maximum atomic E-state index is 3.96. The highest BCUT2D eigenvalue weighted by Crippen LogP contribution is 2.44. The molecule has 0 amide bonds. The third-order valence-corrected chi connectivity index (χ3v) is 8.95. The summed E-state index contributed by atoms with van der Waals surface area (Å²) >= 11 is 0. The lowest BCUT2D eigenvalue weighted by Crippen LogP contribution is -2.25. The zero-order chi connectivity index (χ0) is 28.3. The van der Waals surface area contributed by atoms with Crippen LogP contribution in [0.15, 0.2) is 158 Å². The van der Waals surface area contributed by atoms with Gasteiger partial charge in [0, 0.05) is 16.2 Å². The molecule has 1 aromatic heterocycles. The van der Waals surface area contributed by atoms with E-state index in [1.165, 1.54) is 70.8 Å². The number of hydrogen-bond acceptors (Lipinski definition) is 1. The van der Waals surface area contributed by atoms with Gasteiger partial charge in [-0.05, 0) is 67.9 Å². The Hall–Kier alpha value is -5.60. The lowest BCUT2D eigenvalue weighted by atomic mass is 9.96. The van der Waals surface area contributed by atoms with Crippen LogP contribution in [-0.4, -0.2) is 4.57 Å². The lowest BCUT2D eigenvalue weighted by Gasteiger charge is -2.27. The summed E-state index contributed by atoms with van der Waals surface area (Å²) in [5.74, 6) is 1.07. The first kappa shape index (κ1) is 24.0. The van der Waals surface area contributed by atoms with E-state index in [0.717, 1.165) is 5.82 Å². The fourth-order valence-corrected chi connectivity index (χ4v) is 7.01. The topological polar surface area (TPSA) is 17.0 Å². The van der Waals surface area contributed by atoms with E-state index in [9.17, 15) is 0 Å². The first-order valence-corrected chi connectivity index (χ1v) is 14.9. The van der Waals surface area contributed by atoms with Crippen LogP contribution in [0.3, 0.4) is 0 Å². The second-order valence-electron chi connectivity index (χ2n) is 11.4. The van der Waals surface area contributed by atoms with Gasteiger partial charge in [-0.25, -0.2) is 0 Å². The Morgan fingerprint density at radius 2 is 1.09 bits per heavy atom. The van der Waals surface area contributed by atoms with E-state index in [-0.39, 0.29) is 6.04 Å². The fraction of sp³-hybridized carbons (Fsp3) is 0.0244. The van der Waals surface area contributed by atoms with E-state index >= 15 is 0 Å². The van der Waals surface area contributed by atoms with Crippen molar-refractivity contribution in [1.29, 1.82) is 0 Å². The molecular formula is C41H28N2. The average molecular weight is 549 g/mol. The van der Waals surface area contributed by atoms with Crippen LogP contribution in [0.2, 0.25) is 0 Å². The molecule has 0 spiro atoms. The first-order valence-electron chi connectivity index (χ1n) is 14.9. The van der Waals surface area contributed by atoms with Gasteiger partial charge in [-0.1, -0.05) is 133 Å². The predicted molar refractivity (Wildman–Crippen MR) is 183 cm³/mol. The van der Waals surface area contributed by atoms with Crippen LogP contribution in [0.1, 0.15) is 17.2 Å². The van der Waals surface area contributed by atoms with Crippen molar-refractivity contribution in [2.75, 3.05) is 0 Å². The third-order valence-electron chi connectivity index (χ3n) is 8.95. The third kappa shape index (κ3) is 3.73. The van der Waals surface area contributed by atoms with Crippen LogP contribution in [0.5, 0.6) is 0 Å². The summed E-state index contributed by atoms with van der Waals surface area (Å²) in [4.78, 5) is 0. The molecule has 2 nitrogen and oxygen atoms in total. The summed E-state index contributed by atoms with van der Waals surface area (Å²) in [5.41, 5.74) is 6.10. The van der Waals surface area contributed by atoms with Gasteiger partial charge >= 0.3 is 0 Å². The molecular weight excluding hydrogens is 520 g/mol. The Bertz CT molecular complexity index is 2410. The van der Waals surface area contributed by atoms with E-state index in [2.05, 4.69) is 168 Å². The molecule has 9 rings (SSSR count). The van der Waals surface area contributed by atoms with E-state index in [1.807, 2.05) is 0 Å². The van der Waals surface area contributed by atoms with Crippen molar-refractivity contribution in [2.24, 2.45) is 0 Å². The molecule has 1 aliphatic rings. The number of hydrogen-bond donors (Lipinski definition) is 1. The van der Waals surface area contributed by atoms with Gasteiger partial charge in [-0.15, -0.1) is 0 Å². The Morgan fingerprint density at radius 1 is 0.512 bits per heavy atom. The molecule has 0 aliphatic carbocycles. The van der Waals surface area contributed by atoms with Crippen LogP contribution < -0.4 is 5.32 Å². The Balaban J connectivity index is 1.45. The van der Waals surface area contributed by atoms with E-state index in [0.29, 0.717) is 0 Å². The Morgan fingerprint density at radius 3 is 1.84 bits per heavy atom. The molecule has 1 atom stereocenters. The highest BCUT2D eigenvalue weighted by atomic mass is 15.2. The monoisotopic (exact) mass is 548 g/mol. The molecule has 0 bridgehead atoms. The van der Waals surface area contributed by atoms with E-state index in [1.54, 1.807) is 0 Å². The Labute approximate surface area is 249 Å². The summed E-state index contributed by atoms with van der Waals surface area (Å²) in [6.45, 7) is 0. The highest BCUT2D eigenvalue weighted by molar-refractivity contribution is 6.33. The van der Waals surface area contributed by atoms with Gasteiger partial charge in [0.25, 0.3) is 0 Å². The first-order chi connectivity index (χ1) is 21.3. The number of dihydropyridines is 1. The summed E-state index contributed by atoms with van der Waals surface area (Å²) in [6.07, 6.45) is 4.68. The Kier molecular flexibility index (Phi) is 5.30. The zero-order valence-electron chi connectivity index (χ0n) is 23.5. The van der Waals surface area contributed by atoms with Crippen LogP contribution in [-0.2, 0) is 0 Å². The molecule has 0 saturated carbocycles. The van der Waals surface area contributed by atoms with Crippen molar-refractivity contribution >= 4 is 65.5 Å². The quantitative estimate of drug-likeness (QED) is 0.217. The number of nitrogens with one attached hydrogen (secondary N) is 1. The van der Waals surface area contributed by atoms with Crippen molar-refractivity contribution in [3.05, 3.63) is 169 Å². The van der Waals surface area contributed by atoms with Crippen molar-refractivity contribution < 1.29 is 0 Å². The minimum Gasteiger partial charge on any atom is -0.361 e. The summed E-state index contributed by atoms with van der Waals surface area (Å²) < 4.78 is 2.48. The van der Waals surface area contributed by atoms with Crippen molar-refractivity contribution in [3.63, 3.8) is 0 Å². The van der Waals surface area contributed by atoms with Crippen molar-refractivity contribution in [2.45, 2.75) is 6.04 Å². The highest BCUT2D eigenvalue weighted by Gasteiger charge is 2.24. The van der Waals surface area contributed by atoms with Crippen LogP contribution in [0, 0.1) is 0 Å². The molecule has 1 unspecified atom stereocenters. The van der Waals surface area contributed by atoms with Gasteiger partial charge in [-0.2, -0.15) is 0 Å². The molecule has 43 heavy (non-hydrogen) atoms. The standard InChI is InChI=1S/C41H28N2/c1-3-13-27(14-4-1)31-24-37(28-15-5-2-6-16-28)42-39(26-31)43-38-25-30-18-8-7-17-29(30)23-36(38)40-34-21-11-9-19-32(34)33-20-10-12-22-35(33)41(40)43/h1-26,37,42H. The summed E-state index contributed by atoms with van der Waals surface area (Å²) in [6, 6.07) is 52.7. The van der Waals surface area contributed by atoms with Gasteiger partial charge in [0.2, 0.25) is 0 Å². The van der Waals surface area contributed by atoms with Crippen LogP contribution >= 0.6 is 0 Å². The smallest absolute Gasteiger partial charge is 0.112 e. The number of allylic oxidation sites excluding steroid dienone is 2. The molecule has 1 N–H and O–H groups in total. The maximum absolute atomic E-state index is 3.96. The zero-order valence-corrected chi connectivity index (χ0v) is 23.5. The summed E-state index contributed by atoms with van der Waals surface area (Å²) in [7, 11) is 0. The second kappa shape index (κ2) is 9.47. The van der Waals surface area contributed by atoms with Gasteiger partial charge in [0.05, 0.1) is 17.1 Å². The maximum Gasteiger partial charge on any atom is 0.112 e. The van der Waals surface area contributed by atoms with E-state index < -0.39 is 0 Å². The number of nitrogens with zero attached hydrogens (tertiary/aromatic N) is 1. The fourth-order valence-electron chi connectivity index (χ4n) is 7.01. The van der Waals surface area contributed by atoms with Gasteiger partial charge < -0.3 is 5.32 Å². The molecule has 8 aromatic rings. The molecule has 202 valence electrons. The SMILES string of the molecule is C1=C(c2ccccc2)C=C(n2c3cc4ccccc4cc3c3c4ccccc4c4ccccc4c32)NC1c1ccccc1. The molecule has 0 fully saturated rings. The largest absolute Gasteiger partial charge is 0.361 e. The minimum atomic E-state index is 0.0242. The summed E-state index contributed by atoms with van der Waals surface area (Å²) in [5, 5.41) is 14.1. The lowest BCUT2D eigenvalue weighted by molar-refractivity contribution is 0.739. The molecule has 2 heterocycles. The second-order valence-corrected chi connectivity index (χ2v) is 11.4.